The van der Waals surface area contributed by atoms with Crippen LogP contribution in [0, 0.1) is 12.3 Å². The number of amides is 2. The Bertz CT molecular complexity index is 521. The zero-order chi connectivity index (χ0) is 16.3. The lowest BCUT2D eigenvalue weighted by atomic mass is 9.75. The van der Waals surface area contributed by atoms with Crippen LogP contribution < -0.4 is 11.1 Å². The Morgan fingerprint density at radius 3 is 2.68 bits per heavy atom. The van der Waals surface area contributed by atoms with Gasteiger partial charge in [0, 0.05) is 19.6 Å². The second-order valence-corrected chi connectivity index (χ2v) is 7.45. The molecule has 1 aromatic carbocycles. The molecule has 22 heavy (non-hydrogen) atoms. The molecule has 0 saturated heterocycles. The van der Waals surface area contributed by atoms with Gasteiger partial charge in [-0.2, -0.15) is 0 Å². The first-order chi connectivity index (χ1) is 10.3. The molecule has 0 aliphatic heterocycles. The quantitative estimate of drug-likeness (QED) is 0.878. The minimum Gasteiger partial charge on any atom is -0.335 e. The third kappa shape index (κ3) is 4.23. The molecule has 0 unspecified atom stereocenters. The van der Waals surface area contributed by atoms with Crippen LogP contribution in [0.4, 0.5) is 4.79 Å². The zero-order valence-corrected chi connectivity index (χ0v) is 14.2. The minimum atomic E-state index is -0.0458. The minimum absolute atomic E-state index is 0.00853. The smallest absolute Gasteiger partial charge is 0.317 e. The standard InChI is InChI=1S/C18H29N3O/c1-13-6-5-7-14(8-13)15-9-16(10-15)20-17(22)21(4)12-18(2,3)11-19/h5-8,15-16H,9-12,19H2,1-4H3,(H,20,22). The maximum Gasteiger partial charge on any atom is 0.317 e. The predicted molar refractivity (Wildman–Crippen MR) is 90.9 cm³/mol. The van der Waals surface area contributed by atoms with Gasteiger partial charge in [-0.25, -0.2) is 4.79 Å². The van der Waals surface area contributed by atoms with Gasteiger partial charge in [-0.05, 0) is 43.2 Å². The molecule has 4 nitrogen and oxygen atoms in total. The number of benzene rings is 1. The molecule has 0 heterocycles. The summed E-state index contributed by atoms with van der Waals surface area (Å²) in [6.07, 6.45) is 2.06. The Morgan fingerprint density at radius 2 is 2.09 bits per heavy atom. The maximum absolute atomic E-state index is 12.2. The van der Waals surface area contributed by atoms with E-state index in [4.69, 9.17) is 5.73 Å². The van der Waals surface area contributed by atoms with E-state index in [1.54, 1.807) is 4.90 Å². The van der Waals surface area contributed by atoms with Crippen LogP contribution in [0.1, 0.15) is 43.7 Å². The topological polar surface area (TPSA) is 58.4 Å². The van der Waals surface area contributed by atoms with Gasteiger partial charge in [0.2, 0.25) is 0 Å². The lowest BCUT2D eigenvalue weighted by molar-refractivity contribution is 0.172. The molecule has 122 valence electrons. The summed E-state index contributed by atoms with van der Waals surface area (Å²) in [6, 6.07) is 8.97. The first-order valence-electron chi connectivity index (χ1n) is 8.09. The number of rotatable bonds is 5. The van der Waals surface area contributed by atoms with Crippen LogP contribution in [-0.4, -0.2) is 37.1 Å². The van der Waals surface area contributed by atoms with E-state index in [-0.39, 0.29) is 11.4 Å². The van der Waals surface area contributed by atoms with Crippen LogP contribution in [-0.2, 0) is 0 Å². The van der Waals surface area contributed by atoms with E-state index in [1.807, 2.05) is 7.05 Å². The van der Waals surface area contributed by atoms with Crippen molar-refractivity contribution in [2.45, 2.75) is 45.6 Å². The van der Waals surface area contributed by atoms with Gasteiger partial charge in [-0.3, -0.25) is 0 Å². The molecule has 1 aliphatic carbocycles. The molecule has 0 aromatic heterocycles. The van der Waals surface area contributed by atoms with Crippen LogP contribution in [0.25, 0.3) is 0 Å². The van der Waals surface area contributed by atoms with Crippen molar-refractivity contribution in [3.05, 3.63) is 35.4 Å². The fourth-order valence-electron chi connectivity index (χ4n) is 3.00. The monoisotopic (exact) mass is 303 g/mol. The molecular weight excluding hydrogens is 274 g/mol. The third-order valence-corrected chi connectivity index (χ3v) is 4.54. The number of nitrogens with zero attached hydrogens (tertiary/aromatic N) is 1. The zero-order valence-electron chi connectivity index (χ0n) is 14.2. The van der Waals surface area contributed by atoms with Gasteiger partial charge in [-0.15, -0.1) is 0 Å². The molecule has 1 fully saturated rings. The molecular formula is C18H29N3O. The number of aryl methyl sites for hydroxylation is 1. The van der Waals surface area contributed by atoms with E-state index in [2.05, 4.69) is 50.4 Å². The maximum atomic E-state index is 12.2. The molecule has 1 aromatic rings. The molecule has 3 N–H and O–H groups in total. The fourth-order valence-corrected chi connectivity index (χ4v) is 3.00. The fraction of sp³-hybridized carbons (Fsp3) is 0.611. The molecule has 0 radical (unpaired) electrons. The van der Waals surface area contributed by atoms with Crippen molar-refractivity contribution in [1.29, 1.82) is 0 Å². The van der Waals surface area contributed by atoms with Crippen LogP contribution in [0.3, 0.4) is 0 Å². The second-order valence-electron chi connectivity index (χ2n) is 7.45. The molecule has 1 aliphatic rings. The number of nitrogens with two attached hydrogens (primary N) is 1. The summed E-state index contributed by atoms with van der Waals surface area (Å²) in [5.41, 5.74) is 8.38. The average Bonchev–Trinajstić information content (AvgIpc) is 2.41. The van der Waals surface area contributed by atoms with E-state index in [0.717, 1.165) is 12.8 Å². The highest BCUT2D eigenvalue weighted by molar-refractivity contribution is 5.74. The molecule has 0 bridgehead atoms. The number of hydrogen-bond donors (Lipinski definition) is 2. The Hall–Kier alpha value is -1.55. The Morgan fingerprint density at radius 1 is 1.41 bits per heavy atom. The van der Waals surface area contributed by atoms with E-state index in [0.29, 0.717) is 25.0 Å². The summed E-state index contributed by atoms with van der Waals surface area (Å²) in [4.78, 5) is 14.0. The number of urea groups is 1. The van der Waals surface area contributed by atoms with Crippen molar-refractivity contribution >= 4 is 6.03 Å². The SMILES string of the molecule is Cc1cccc(C2CC(NC(=O)N(C)CC(C)(C)CN)C2)c1. The Kier molecular flexibility index (Phi) is 5.12. The lowest BCUT2D eigenvalue weighted by Gasteiger charge is -2.38. The Labute approximate surface area is 134 Å². The molecule has 4 heteroatoms. The highest BCUT2D eigenvalue weighted by Crippen LogP contribution is 2.37. The number of hydrogen-bond acceptors (Lipinski definition) is 2. The van der Waals surface area contributed by atoms with Crippen LogP contribution in [0.15, 0.2) is 24.3 Å². The van der Waals surface area contributed by atoms with E-state index in [1.165, 1.54) is 11.1 Å². The van der Waals surface area contributed by atoms with Gasteiger partial charge in [0.25, 0.3) is 0 Å². The summed E-state index contributed by atoms with van der Waals surface area (Å²) >= 11 is 0. The van der Waals surface area contributed by atoms with Gasteiger partial charge in [0.05, 0.1) is 0 Å². The normalized spacial score (nSPS) is 21.1. The lowest BCUT2D eigenvalue weighted by Crippen LogP contribution is -2.50. The van der Waals surface area contributed by atoms with Crippen molar-refractivity contribution in [2.24, 2.45) is 11.1 Å². The van der Waals surface area contributed by atoms with Crippen molar-refractivity contribution < 1.29 is 4.79 Å². The first kappa shape index (κ1) is 16.8. The summed E-state index contributed by atoms with van der Waals surface area (Å²) < 4.78 is 0. The Balaban J connectivity index is 1.78. The highest BCUT2D eigenvalue weighted by Gasteiger charge is 2.32. The second kappa shape index (κ2) is 6.69. The first-order valence-corrected chi connectivity index (χ1v) is 8.09. The summed E-state index contributed by atoms with van der Waals surface area (Å²) in [5.74, 6) is 0.580. The largest absolute Gasteiger partial charge is 0.335 e. The summed E-state index contributed by atoms with van der Waals surface area (Å²) in [5, 5.41) is 3.12. The highest BCUT2D eigenvalue weighted by atomic mass is 16.2. The van der Waals surface area contributed by atoms with E-state index < -0.39 is 0 Å². The number of nitrogens with one attached hydrogen (secondary N) is 1. The molecule has 1 saturated carbocycles. The molecule has 0 atom stereocenters. The van der Waals surface area contributed by atoms with Gasteiger partial charge in [0.15, 0.2) is 0 Å². The molecule has 2 amide bonds. The third-order valence-electron chi connectivity index (χ3n) is 4.54. The van der Waals surface area contributed by atoms with E-state index >= 15 is 0 Å². The van der Waals surface area contributed by atoms with Crippen LogP contribution in [0.2, 0.25) is 0 Å². The molecule has 2 rings (SSSR count). The van der Waals surface area contributed by atoms with Crippen molar-refractivity contribution in [3.63, 3.8) is 0 Å². The number of carbonyl (C=O) groups excluding carboxylic acids is 1. The number of carbonyl (C=O) groups is 1. The van der Waals surface area contributed by atoms with Gasteiger partial charge < -0.3 is 16.0 Å². The van der Waals surface area contributed by atoms with Crippen LogP contribution >= 0.6 is 0 Å². The molecule has 0 spiro atoms. The van der Waals surface area contributed by atoms with Crippen LogP contribution in [0.5, 0.6) is 0 Å². The summed E-state index contributed by atoms with van der Waals surface area (Å²) in [6.45, 7) is 7.52. The van der Waals surface area contributed by atoms with Gasteiger partial charge in [0.1, 0.15) is 0 Å². The van der Waals surface area contributed by atoms with Crippen molar-refractivity contribution in [2.75, 3.05) is 20.1 Å². The predicted octanol–water partition coefficient (Wildman–Crippen LogP) is 2.87. The van der Waals surface area contributed by atoms with Gasteiger partial charge >= 0.3 is 6.03 Å². The van der Waals surface area contributed by atoms with Crippen molar-refractivity contribution in [3.8, 4) is 0 Å². The summed E-state index contributed by atoms with van der Waals surface area (Å²) in [7, 11) is 1.84. The van der Waals surface area contributed by atoms with Gasteiger partial charge in [-0.1, -0.05) is 43.7 Å². The van der Waals surface area contributed by atoms with Crippen molar-refractivity contribution in [1.82, 2.24) is 10.2 Å². The van der Waals surface area contributed by atoms with E-state index in [9.17, 15) is 4.79 Å². The average molecular weight is 303 g/mol.